The molecule has 0 aliphatic heterocycles. The Morgan fingerprint density at radius 2 is 2.10 bits per heavy atom. The summed E-state index contributed by atoms with van der Waals surface area (Å²) in [5, 5.41) is 0. The molecule has 0 bridgehead atoms. The normalized spacial score (nSPS) is 12.0. The number of carbonyl (C=O) groups excluding carboxylic acids is 1. The van der Waals surface area contributed by atoms with Gasteiger partial charge < -0.3 is 0 Å². The van der Waals surface area contributed by atoms with Gasteiger partial charge in [0.2, 0.25) is 0 Å². The second-order valence-corrected chi connectivity index (χ2v) is 5.75. The molecule has 0 saturated heterocycles. The Hall–Kier alpha value is -2.15. The van der Waals surface area contributed by atoms with Crippen molar-refractivity contribution >= 4 is 22.6 Å². The van der Waals surface area contributed by atoms with Gasteiger partial charge in [-0.2, -0.15) is 13.2 Å². The van der Waals surface area contributed by atoms with E-state index in [1.165, 1.54) is 23.5 Å². The molecule has 108 valence electrons. The van der Waals surface area contributed by atoms with Crippen LogP contribution in [-0.2, 0) is 6.18 Å². The van der Waals surface area contributed by atoms with Crippen LogP contribution in [0.25, 0.3) is 16.2 Å². The molecule has 0 aliphatic rings. The quantitative estimate of drug-likeness (QED) is 0.665. The molecular formula is C14H9F3N2OS. The third kappa shape index (κ3) is 2.33. The summed E-state index contributed by atoms with van der Waals surface area (Å²) >= 11 is 1.38. The number of halogens is 3. The molecule has 2 aromatic heterocycles. The maximum atomic E-state index is 12.8. The van der Waals surface area contributed by atoms with Crippen LogP contribution in [0.2, 0.25) is 0 Å². The van der Waals surface area contributed by atoms with Crippen LogP contribution in [0.15, 0.2) is 30.5 Å². The van der Waals surface area contributed by atoms with Crippen molar-refractivity contribution in [2.75, 3.05) is 0 Å². The molecule has 0 atom stereocenters. The molecule has 0 amide bonds. The number of thiazole rings is 1. The maximum absolute atomic E-state index is 12.8. The number of carbonyl (C=O) groups is 1. The van der Waals surface area contributed by atoms with E-state index < -0.39 is 11.7 Å². The van der Waals surface area contributed by atoms with E-state index in [-0.39, 0.29) is 17.0 Å². The number of rotatable bonds is 2. The number of aldehydes is 1. The van der Waals surface area contributed by atoms with Gasteiger partial charge in [-0.15, -0.1) is 11.3 Å². The molecule has 3 aromatic rings. The van der Waals surface area contributed by atoms with Gasteiger partial charge in [0.15, 0.2) is 11.2 Å². The molecule has 0 unspecified atom stereocenters. The van der Waals surface area contributed by atoms with Gasteiger partial charge in [-0.05, 0) is 19.1 Å². The zero-order valence-corrected chi connectivity index (χ0v) is 11.6. The first-order valence-electron chi connectivity index (χ1n) is 6.01. The summed E-state index contributed by atoms with van der Waals surface area (Å²) < 4.78 is 39.9. The van der Waals surface area contributed by atoms with Gasteiger partial charge in [-0.1, -0.05) is 12.1 Å². The Morgan fingerprint density at radius 3 is 2.76 bits per heavy atom. The molecule has 21 heavy (non-hydrogen) atoms. The Labute approximate surface area is 121 Å². The first-order valence-corrected chi connectivity index (χ1v) is 6.83. The first kappa shape index (κ1) is 13.8. The van der Waals surface area contributed by atoms with E-state index in [1.54, 1.807) is 10.6 Å². The van der Waals surface area contributed by atoms with Gasteiger partial charge in [-0.3, -0.25) is 9.20 Å². The van der Waals surface area contributed by atoms with Crippen molar-refractivity contribution in [2.45, 2.75) is 13.1 Å². The van der Waals surface area contributed by atoms with Crippen molar-refractivity contribution in [3.8, 4) is 11.3 Å². The Kier molecular flexibility index (Phi) is 3.09. The van der Waals surface area contributed by atoms with Crippen LogP contribution in [0.4, 0.5) is 13.2 Å². The Morgan fingerprint density at radius 1 is 1.33 bits per heavy atom. The number of hydrogen-bond acceptors (Lipinski definition) is 3. The Bertz CT molecular complexity index is 832. The lowest BCUT2D eigenvalue weighted by Crippen LogP contribution is -2.04. The van der Waals surface area contributed by atoms with Gasteiger partial charge >= 0.3 is 6.18 Å². The van der Waals surface area contributed by atoms with Gasteiger partial charge in [0.25, 0.3) is 0 Å². The van der Waals surface area contributed by atoms with Gasteiger partial charge in [0.1, 0.15) is 11.4 Å². The second kappa shape index (κ2) is 4.70. The summed E-state index contributed by atoms with van der Waals surface area (Å²) in [7, 11) is 0. The van der Waals surface area contributed by atoms with E-state index in [0.29, 0.717) is 11.2 Å². The summed E-state index contributed by atoms with van der Waals surface area (Å²) in [5.41, 5.74) is 0.0425. The van der Waals surface area contributed by atoms with Crippen molar-refractivity contribution in [1.29, 1.82) is 0 Å². The first-order chi connectivity index (χ1) is 9.90. The number of benzene rings is 1. The lowest BCUT2D eigenvalue weighted by Gasteiger charge is -2.07. The van der Waals surface area contributed by atoms with E-state index in [9.17, 15) is 18.0 Å². The third-order valence-electron chi connectivity index (χ3n) is 3.05. The highest BCUT2D eigenvalue weighted by Gasteiger charge is 2.31. The maximum Gasteiger partial charge on any atom is 0.416 e. The van der Waals surface area contributed by atoms with E-state index in [1.807, 2.05) is 6.92 Å². The van der Waals surface area contributed by atoms with Gasteiger partial charge in [-0.25, -0.2) is 4.98 Å². The summed E-state index contributed by atoms with van der Waals surface area (Å²) in [5.74, 6) is 0. The minimum absolute atomic E-state index is 0.258. The largest absolute Gasteiger partial charge is 0.416 e. The predicted molar refractivity (Wildman–Crippen MR) is 73.6 cm³/mol. The van der Waals surface area contributed by atoms with Crippen LogP contribution in [0.5, 0.6) is 0 Å². The molecule has 0 fully saturated rings. The van der Waals surface area contributed by atoms with Crippen molar-refractivity contribution in [3.05, 3.63) is 46.6 Å². The lowest BCUT2D eigenvalue weighted by atomic mass is 10.1. The summed E-state index contributed by atoms with van der Waals surface area (Å²) in [4.78, 5) is 17.1. The molecule has 7 heteroatoms. The molecule has 0 radical (unpaired) electrons. The number of fused-ring (bicyclic) bond motifs is 1. The molecular weight excluding hydrogens is 301 g/mol. The average Bonchev–Trinajstić information content (AvgIpc) is 2.93. The summed E-state index contributed by atoms with van der Waals surface area (Å²) in [6, 6.07) is 4.83. The van der Waals surface area contributed by atoms with E-state index in [0.717, 1.165) is 17.0 Å². The van der Waals surface area contributed by atoms with E-state index >= 15 is 0 Å². The monoisotopic (exact) mass is 310 g/mol. The molecule has 2 heterocycles. The van der Waals surface area contributed by atoms with Gasteiger partial charge in [0, 0.05) is 16.6 Å². The van der Waals surface area contributed by atoms with Crippen molar-refractivity contribution < 1.29 is 18.0 Å². The SMILES string of the molecule is Cc1cn2c(C=O)c(-c3cccc(C(F)(F)F)c3)nc2s1. The zero-order chi connectivity index (χ0) is 15.2. The zero-order valence-electron chi connectivity index (χ0n) is 10.8. The predicted octanol–water partition coefficient (Wildman–Crippen LogP) is 4.20. The molecule has 3 rings (SSSR count). The topological polar surface area (TPSA) is 34.4 Å². The number of hydrogen-bond donors (Lipinski definition) is 0. The van der Waals surface area contributed by atoms with Crippen molar-refractivity contribution in [1.82, 2.24) is 9.38 Å². The smallest absolute Gasteiger partial charge is 0.296 e. The fourth-order valence-electron chi connectivity index (χ4n) is 2.14. The van der Waals surface area contributed by atoms with Crippen molar-refractivity contribution in [2.24, 2.45) is 0 Å². The highest BCUT2D eigenvalue weighted by molar-refractivity contribution is 7.17. The fraction of sp³-hybridized carbons (Fsp3) is 0.143. The molecule has 3 nitrogen and oxygen atoms in total. The highest BCUT2D eigenvalue weighted by atomic mass is 32.1. The number of aromatic nitrogens is 2. The van der Waals surface area contributed by atoms with Gasteiger partial charge in [0.05, 0.1) is 5.56 Å². The molecule has 1 aromatic carbocycles. The Balaban J connectivity index is 2.20. The van der Waals surface area contributed by atoms with Crippen LogP contribution in [-0.4, -0.2) is 15.7 Å². The fourth-order valence-corrected chi connectivity index (χ4v) is 2.97. The van der Waals surface area contributed by atoms with Crippen LogP contribution in [0.1, 0.15) is 20.9 Å². The minimum Gasteiger partial charge on any atom is -0.296 e. The second-order valence-electron chi connectivity index (χ2n) is 4.54. The minimum atomic E-state index is -4.43. The van der Waals surface area contributed by atoms with Crippen LogP contribution in [0.3, 0.4) is 0 Å². The number of alkyl halides is 3. The van der Waals surface area contributed by atoms with Crippen molar-refractivity contribution in [3.63, 3.8) is 0 Å². The van der Waals surface area contributed by atoms with Crippen LogP contribution < -0.4 is 0 Å². The summed E-state index contributed by atoms with van der Waals surface area (Å²) in [6.07, 6.45) is -2.07. The summed E-state index contributed by atoms with van der Waals surface area (Å²) in [6.45, 7) is 1.87. The lowest BCUT2D eigenvalue weighted by molar-refractivity contribution is -0.137. The number of nitrogens with zero attached hydrogens (tertiary/aromatic N) is 2. The van der Waals surface area contributed by atoms with Crippen LogP contribution in [0, 0.1) is 6.92 Å². The highest BCUT2D eigenvalue weighted by Crippen LogP contribution is 2.33. The number of imidazole rings is 1. The molecule has 0 aliphatic carbocycles. The standard InChI is InChI=1S/C14H9F3N2OS/c1-8-6-19-11(7-20)12(18-13(19)21-8)9-3-2-4-10(5-9)14(15,16)17/h2-7H,1H3. The van der Waals surface area contributed by atoms with E-state index in [4.69, 9.17) is 0 Å². The van der Waals surface area contributed by atoms with E-state index in [2.05, 4.69) is 4.98 Å². The molecule has 0 N–H and O–H groups in total. The number of aryl methyl sites for hydroxylation is 1. The van der Waals surface area contributed by atoms with Crippen LogP contribution >= 0.6 is 11.3 Å². The molecule has 0 saturated carbocycles. The molecule has 0 spiro atoms. The average molecular weight is 310 g/mol. The third-order valence-corrected chi connectivity index (χ3v) is 3.95.